The Labute approximate surface area is 210 Å². The highest BCUT2D eigenvalue weighted by molar-refractivity contribution is 6.76. The number of allylic oxidation sites excluding steroid dienone is 1. The molecule has 0 radical (unpaired) electrons. The van der Waals surface area contributed by atoms with Crippen LogP contribution >= 0.6 is 0 Å². The summed E-state index contributed by atoms with van der Waals surface area (Å²) < 4.78 is 13.0. The maximum Gasteiger partial charge on any atom is 0.338 e. The van der Waals surface area contributed by atoms with Gasteiger partial charge in [-0.15, -0.1) is 6.58 Å². The summed E-state index contributed by atoms with van der Waals surface area (Å²) >= 11 is 0. The quantitative estimate of drug-likeness (QED) is 0.209. The van der Waals surface area contributed by atoms with Crippen molar-refractivity contribution in [2.24, 2.45) is 11.8 Å². The van der Waals surface area contributed by atoms with Crippen molar-refractivity contribution in [1.82, 2.24) is 5.32 Å². The number of hydrogen-bond acceptors (Lipinski definition) is 4. The fraction of sp³-hybridized carbons (Fsp3) is 0.778. The highest BCUT2D eigenvalue weighted by atomic mass is 28.4. The predicted molar refractivity (Wildman–Crippen MR) is 146 cm³/mol. The van der Waals surface area contributed by atoms with Crippen molar-refractivity contribution in [2.45, 2.75) is 115 Å². The zero-order chi connectivity index (χ0) is 25.9. The van der Waals surface area contributed by atoms with Crippen LogP contribution in [0.4, 0.5) is 0 Å². The lowest BCUT2D eigenvalue weighted by Crippen LogP contribution is -2.65. The van der Waals surface area contributed by atoms with Crippen LogP contribution in [0.15, 0.2) is 24.8 Å². The van der Waals surface area contributed by atoms with Crippen LogP contribution in [0.25, 0.3) is 0 Å². The third-order valence-corrected chi connectivity index (χ3v) is 14.3. The average Bonchev–Trinajstić information content (AvgIpc) is 2.97. The summed E-state index contributed by atoms with van der Waals surface area (Å²) in [6, 6.07) is 0.877. The number of esters is 1. The highest BCUT2D eigenvalue weighted by Gasteiger charge is 2.62. The molecule has 1 heterocycles. The van der Waals surface area contributed by atoms with Crippen molar-refractivity contribution in [3.05, 3.63) is 24.8 Å². The average molecular weight is 508 g/mol. The molecule has 2 aliphatic rings. The van der Waals surface area contributed by atoms with E-state index in [1.54, 1.807) is 6.08 Å². The van der Waals surface area contributed by atoms with Gasteiger partial charge >= 0.3 is 5.97 Å². The monoisotopic (exact) mass is 507 g/mol. The number of ether oxygens (including phenoxy) is 1. The van der Waals surface area contributed by atoms with E-state index in [4.69, 9.17) is 9.16 Å². The molecule has 0 unspecified atom stereocenters. The van der Waals surface area contributed by atoms with Crippen LogP contribution < -0.4 is 5.32 Å². The summed E-state index contributed by atoms with van der Waals surface area (Å²) in [5, 5.41) is 3.08. The molecular weight excluding hydrogens is 458 g/mol. The van der Waals surface area contributed by atoms with Gasteiger partial charge in [0.25, 0.3) is 0 Å². The molecule has 2 fully saturated rings. The molecule has 1 amide bonds. The molecule has 7 heteroatoms. The first-order valence-electron chi connectivity index (χ1n) is 13.0. The van der Waals surface area contributed by atoms with Crippen molar-refractivity contribution in [3.8, 4) is 0 Å². The first kappa shape index (κ1) is 29.0. The molecule has 0 bridgehead atoms. The molecule has 5 nitrogen and oxygen atoms in total. The van der Waals surface area contributed by atoms with Crippen molar-refractivity contribution >= 4 is 28.3 Å². The van der Waals surface area contributed by atoms with Gasteiger partial charge in [-0.2, -0.15) is 0 Å². The summed E-state index contributed by atoms with van der Waals surface area (Å²) in [6.07, 6.45) is 7.09. The summed E-state index contributed by atoms with van der Waals surface area (Å²) in [5.41, 5.74) is -0.758. The molecule has 1 saturated heterocycles. The van der Waals surface area contributed by atoms with E-state index in [1.807, 2.05) is 0 Å². The number of hydrogen-bond donors (Lipinski definition) is 1. The Morgan fingerprint density at radius 3 is 2.26 bits per heavy atom. The fourth-order valence-corrected chi connectivity index (χ4v) is 6.87. The standard InChI is InChI=1S/C27H49NO4Si2/c1-11-15-22-20(2)27(28-24(22)29,25(30)31-18-19-33(6,7)8)23(21-16-13-12-14-17-21)32-34(9,10)26(3,4)5/h11,21-23H,1-2,12-19H2,3-10H3,(H,28,29)/t22-,23+,27+/m1/s1. The van der Waals surface area contributed by atoms with Gasteiger partial charge in [0.15, 0.2) is 13.9 Å². The van der Waals surface area contributed by atoms with Crippen LogP contribution in [-0.2, 0) is 18.8 Å². The first-order chi connectivity index (χ1) is 15.6. The second-order valence-corrected chi connectivity index (χ2v) is 23.4. The topological polar surface area (TPSA) is 64.6 Å². The summed E-state index contributed by atoms with van der Waals surface area (Å²) in [5.74, 6) is -0.889. The molecule has 0 aromatic carbocycles. The van der Waals surface area contributed by atoms with E-state index in [0.717, 1.165) is 31.7 Å². The van der Waals surface area contributed by atoms with Crippen LogP contribution in [0.5, 0.6) is 0 Å². The van der Waals surface area contributed by atoms with Crippen molar-refractivity contribution in [3.63, 3.8) is 0 Å². The number of rotatable bonds is 10. The van der Waals surface area contributed by atoms with E-state index in [9.17, 15) is 9.59 Å². The normalized spacial score (nSPS) is 25.7. The van der Waals surface area contributed by atoms with Gasteiger partial charge in [0.1, 0.15) is 0 Å². The van der Waals surface area contributed by atoms with E-state index in [2.05, 4.69) is 72.0 Å². The second kappa shape index (κ2) is 10.8. The number of nitrogens with one attached hydrogen (secondary N) is 1. The van der Waals surface area contributed by atoms with Gasteiger partial charge in [-0.25, -0.2) is 4.79 Å². The Bertz CT molecular complexity index is 774. The van der Waals surface area contributed by atoms with Crippen LogP contribution in [-0.4, -0.2) is 46.5 Å². The first-order valence-corrected chi connectivity index (χ1v) is 19.7. The van der Waals surface area contributed by atoms with Gasteiger partial charge in [0.2, 0.25) is 5.91 Å². The zero-order valence-corrected chi connectivity index (χ0v) is 25.0. The smallest absolute Gasteiger partial charge is 0.338 e. The second-order valence-electron chi connectivity index (χ2n) is 13.0. The number of carbonyl (C=O) groups is 2. The fourth-order valence-electron chi connectivity index (χ4n) is 4.80. The molecule has 1 N–H and O–H groups in total. The minimum atomic E-state index is -2.28. The lowest BCUT2D eigenvalue weighted by molar-refractivity contribution is -0.156. The van der Waals surface area contributed by atoms with Crippen LogP contribution in [0, 0.1) is 11.8 Å². The summed E-state index contributed by atoms with van der Waals surface area (Å²) in [4.78, 5) is 27.2. The summed E-state index contributed by atoms with van der Waals surface area (Å²) in [6.45, 7) is 26.4. The molecular formula is C27H49NO4Si2. The van der Waals surface area contributed by atoms with E-state index < -0.39 is 39.9 Å². The minimum Gasteiger partial charge on any atom is -0.464 e. The van der Waals surface area contributed by atoms with Crippen LogP contribution in [0.1, 0.15) is 59.3 Å². The van der Waals surface area contributed by atoms with Gasteiger partial charge in [-0.05, 0) is 54.9 Å². The number of carbonyl (C=O) groups excluding carboxylic acids is 2. The molecule has 0 aromatic heterocycles. The lowest BCUT2D eigenvalue weighted by Gasteiger charge is -2.48. The van der Waals surface area contributed by atoms with Crippen molar-refractivity contribution < 1.29 is 18.8 Å². The van der Waals surface area contributed by atoms with Gasteiger partial charge in [0.05, 0.1) is 18.6 Å². The highest BCUT2D eigenvalue weighted by Crippen LogP contribution is 2.47. The van der Waals surface area contributed by atoms with Gasteiger partial charge in [0, 0.05) is 8.07 Å². The number of amides is 1. The largest absolute Gasteiger partial charge is 0.464 e. The third-order valence-electron chi connectivity index (χ3n) is 8.11. The molecule has 0 spiro atoms. The maximum atomic E-state index is 14.0. The molecule has 3 atom stereocenters. The Hall–Kier alpha value is -1.19. The van der Waals surface area contributed by atoms with Gasteiger partial charge < -0.3 is 14.5 Å². The molecule has 194 valence electrons. The van der Waals surface area contributed by atoms with Gasteiger partial charge in [-0.3, -0.25) is 4.79 Å². The van der Waals surface area contributed by atoms with E-state index >= 15 is 0 Å². The van der Waals surface area contributed by atoms with E-state index in [-0.39, 0.29) is 16.9 Å². The van der Waals surface area contributed by atoms with E-state index in [1.165, 1.54) is 6.42 Å². The Balaban J connectivity index is 2.56. The van der Waals surface area contributed by atoms with Crippen molar-refractivity contribution in [1.29, 1.82) is 0 Å². The van der Waals surface area contributed by atoms with E-state index in [0.29, 0.717) is 18.6 Å². The zero-order valence-electron chi connectivity index (χ0n) is 23.0. The molecule has 2 rings (SSSR count). The molecule has 0 aromatic rings. The third kappa shape index (κ3) is 6.32. The molecule has 1 saturated carbocycles. The van der Waals surface area contributed by atoms with Crippen LogP contribution in [0.2, 0.25) is 43.8 Å². The summed E-state index contributed by atoms with van der Waals surface area (Å²) in [7, 11) is -3.67. The molecule has 34 heavy (non-hydrogen) atoms. The predicted octanol–water partition coefficient (Wildman–Crippen LogP) is 6.46. The minimum absolute atomic E-state index is 0.0344. The maximum absolute atomic E-state index is 14.0. The van der Waals surface area contributed by atoms with Crippen molar-refractivity contribution in [2.75, 3.05) is 6.61 Å². The van der Waals surface area contributed by atoms with Crippen LogP contribution in [0.3, 0.4) is 0 Å². The molecule has 1 aliphatic heterocycles. The van der Waals surface area contributed by atoms with Gasteiger partial charge in [-0.1, -0.05) is 72.3 Å². The Morgan fingerprint density at radius 1 is 1.18 bits per heavy atom. The lowest BCUT2D eigenvalue weighted by atomic mass is 9.73. The molecule has 1 aliphatic carbocycles. The SMILES string of the molecule is C=CC[C@@H]1C(=C)[C@@](C(=O)OCC[Si](C)(C)C)([C@@H](O[Si](C)(C)C(C)(C)C)C2CCCCC2)NC1=O. The Kier molecular flexibility index (Phi) is 9.25. The Morgan fingerprint density at radius 2 is 1.76 bits per heavy atom.